The summed E-state index contributed by atoms with van der Waals surface area (Å²) in [5.41, 5.74) is 1.39. The summed E-state index contributed by atoms with van der Waals surface area (Å²) in [4.78, 5) is 12.0. The number of piperazine rings is 1. The largest absolute Gasteiger partial charge is 0.491 e. The molecule has 3 aliphatic heterocycles. The lowest BCUT2D eigenvalue weighted by molar-refractivity contribution is 0.0852. The Morgan fingerprint density at radius 2 is 1.97 bits per heavy atom. The topological polar surface area (TPSA) is 98.4 Å². The van der Waals surface area contributed by atoms with Crippen LogP contribution in [0.4, 0.5) is 0 Å². The van der Waals surface area contributed by atoms with Crippen molar-refractivity contribution in [3.63, 3.8) is 0 Å². The number of sulfonamides is 1. The Morgan fingerprint density at radius 3 is 2.83 bits per heavy atom. The molecule has 186 valence electrons. The van der Waals surface area contributed by atoms with Crippen LogP contribution in [0.2, 0.25) is 0 Å². The van der Waals surface area contributed by atoms with Crippen molar-refractivity contribution in [1.82, 2.24) is 33.5 Å². The minimum atomic E-state index is -3.63. The average molecular weight is 498 g/mol. The highest BCUT2D eigenvalue weighted by Gasteiger charge is 2.36. The third-order valence-electron chi connectivity index (χ3n) is 7.29. The summed E-state index contributed by atoms with van der Waals surface area (Å²) < 4.78 is 38.8. The van der Waals surface area contributed by atoms with E-state index < -0.39 is 10.0 Å². The lowest BCUT2D eigenvalue weighted by Crippen LogP contribution is -2.56. The average Bonchev–Trinajstić information content (AvgIpc) is 3.48. The van der Waals surface area contributed by atoms with Gasteiger partial charge in [0.2, 0.25) is 10.0 Å². The van der Waals surface area contributed by atoms with Crippen molar-refractivity contribution in [2.75, 3.05) is 32.8 Å². The van der Waals surface area contributed by atoms with Crippen molar-refractivity contribution in [1.29, 1.82) is 0 Å². The first-order valence-corrected chi connectivity index (χ1v) is 13.8. The van der Waals surface area contributed by atoms with Crippen LogP contribution in [0, 0.1) is 0 Å². The number of imidazole rings is 1. The number of ether oxygens (including phenoxy) is 1. The van der Waals surface area contributed by atoms with Gasteiger partial charge < -0.3 is 9.30 Å². The first-order chi connectivity index (χ1) is 16.9. The molecule has 10 nitrogen and oxygen atoms in total. The lowest BCUT2D eigenvalue weighted by Gasteiger charge is -2.43. The van der Waals surface area contributed by atoms with Gasteiger partial charge in [-0.25, -0.2) is 23.1 Å². The molecule has 5 heterocycles. The van der Waals surface area contributed by atoms with E-state index in [-0.39, 0.29) is 10.9 Å². The quantitative estimate of drug-likeness (QED) is 0.546. The van der Waals surface area contributed by atoms with E-state index in [0.717, 1.165) is 19.5 Å². The zero-order valence-corrected chi connectivity index (χ0v) is 21.0. The molecule has 0 bridgehead atoms. The lowest BCUT2D eigenvalue weighted by atomic mass is 10.0. The van der Waals surface area contributed by atoms with Crippen LogP contribution in [-0.4, -0.2) is 80.8 Å². The summed E-state index contributed by atoms with van der Waals surface area (Å²) in [5.74, 6) is 2.01. The molecule has 6 rings (SSSR count). The molecule has 0 spiro atoms. The molecule has 1 atom stereocenters. The van der Waals surface area contributed by atoms with Gasteiger partial charge in [0.1, 0.15) is 30.2 Å². The smallest absolute Gasteiger partial charge is 0.243 e. The molecule has 2 aromatic heterocycles. The maximum absolute atomic E-state index is 13.7. The van der Waals surface area contributed by atoms with E-state index in [9.17, 15) is 8.42 Å². The fraction of sp³-hybridized carbons (Fsp3) is 0.542. The summed E-state index contributed by atoms with van der Waals surface area (Å²) in [6, 6.07) is 5.61. The number of nitrogens with zero attached hydrogens (tertiary/aromatic N) is 7. The molecule has 0 saturated carbocycles. The van der Waals surface area contributed by atoms with Gasteiger partial charge in [-0.3, -0.25) is 4.90 Å². The van der Waals surface area contributed by atoms with Crippen molar-refractivity contribution >= 4 is 10.0 Å². The number of fused-ring (bicyclic) bond motifs is 4. The Labute approximate surface area is 205 Å². The Hall–Kier alpha value is -2.76. The van der Waals surface area contributed by atoms with Crippen molar-refractivity contribution < 1.29 is 13.2 Å². The van der Waals surface area contributed by atoms with Crippen LogP contribution in [-0.2, 0) is 16.6 Å². The highest BCUT2D eigenvalue weighted by Crippen LogP contribution is 2.36. The number of piperidine rings is 1. The van der Waals surface area contributed by atoms with E-state index in [1.165, 1.54) is 19.2 Å². The van der Waals surface area contributed by atoms with Crippen LogP contribution >= 0.6 is 0 Å². The second kappa shape index (κ2) is 8.72. The van der Waals surface area contributed by atoms with Crippen molar-refractivity contribution in [2.24, 2.45) is 0 Å². The minimum Gasteiger partial charge on any atom is -0.491 e. The third kappa shape index (κ3) is 3.95. The van der Waals surface area contributed by atoms with Crippen molar-refractivity contribution in [2.45, 2.75) is 56.6 Å². The first kappa shape index (κ1) is 22.7. The molecule has 1 aromatic carbocycles. The fourth-order valence-corrected chi connectivity index (χ4v) is 6.93. The van der Waals surface area contributed by atoms with Gasteiger partial charge in [-0.15, -0.1) is 0 Å². The molecule has 2 fully saturated rings. The molecule has 3 aliphatic rings. The predicted molar refractivity (Wildman–Crippen MR) is 131 cm³/mol. The zero-order chi connectivity index (χ0) is 24.2. The molecule has 2 saturated heterocycles. The van der Waals surface area contributed by atoms with E-state index >= 15 is 0 Å². The summed E-state index contributed by atoms with van der Waals surface area (Å²) in [5, 5.41) is 4.33. The number of rotatable bonds is 4. The number of aromatic nitrogens is 5. The van der Waals surface area contributed by atoms with Crippen LogP contribution in [0.1, 0.15) is 39.2 Å². The van der Waals surface area contributed by atoms with Gasteiger partial charge >= 0.3 is 0 Å². The highest BCUT2D eigenvalue weighted by atomic mass is 32.2. The monoisotopic (exact) mass is 497 g/mol. The van der Waals surface area contributed by atoms with E-state index in [4.69, 9.17) is 9.72 Å². The number of hydrogen-bond donors (Lipinski definition) is 0. The molecule has 0 radical (unpaired) electrons. The minimum absolute atomic E-state index is 0.144. The maximum Gasteiger partial charge on any atom is 0.243 e. The van der Waals surface area contributed by atoms with E-state index in [0.29, 0.717) is 60.9 Å². The highest BCUT2D eigenvalue weighted by molar-refractivity contribution is 7.89. The van der Waals surface area contributed by atoms with Gasteiger partial charge in [0.05, 0.1) is 17.0 Å². The Bertz CT molecular complexity index is 1350. The maximum atomic E-state index is 13.7. The van der Waals surface area contributed by atoms with E-state index in [1.54, 1.807) is 22.5 Å². The van der Waals surface area contributed by atoms with Crippen LogP contribution in [0.25, 0.3) is 22.9 Å². The van der Waals surface area contributed by atoms with Gasteiger partial charge in [0.15, 0.2) is 5.82 Å². The Balaban J connectivity index is 1.36. The molecular formula is C24H31N7O3S. The normalized spacial score (nSPS) is 21.2. The molecular weight excluding hydrogens is 466 g/mol. The summed E-state index contributed by atoms with van der Waals surface area (Å²) in [6.07, 6.45) is 6.91. The second-order valence-corrected chi connectivity index (χ2v) is 11.8. The van der Waals surface area contributed by atoms with Gasteiger partial charge in [0, 0.05) is 37.9 Å². The summed E-state index contributed by atoms with van der Waals surface area (Å²) >= 11 is 0. The third-order valence-corrected chi connectivity index (χ3v) is 9.15. The van der Waals surface area contributed by atoms with Crippen molar-refractivity contribution in [3.05, 3.63) is 30.7 Å². The standard InChI is InChI=1S/C24H31N7O3S/c1-17(2)31-24(25-16-26-31)21-15-29-11-12-34-22-7-6-19(13-20(22)23(29)27-21)35(32,33)30-10-9-28-8-4-3-5-18(28)14-30/h6-7,13,15-18H,3-5,8-12,14H2,1-2H3. The van der Waals surface area contributed by atoms with E-state index in [2.05, 4.69) is 15.0 Å². The van der Waals surface area contributed by atoms with Crippen LogP contribution in [0.15, 0.2) is 35.6 Å². The van der Waals surface area contributed by atoms with Gasteiger partial charge in [-0.2, -0.15) is 9.40 Å². The second-order valence-electron chi connectivity index (χ2n) is 9.82. The van der Waals surface area contributed by atoms with Crippen LogP contribution in [0.5, 0.6) is 5.75 Å². The Morgan fingerprint density at radius 1 is 1.09 bits per heavy atom. The molecule has 1 unspecified atom stereocenters. The molecule has 11 heteroatoms. The van der Waals surface area contributed by atoms with E-state index in [1.807, 2.05) is 29.3 Å². The number of benzene rings is 1. The van der Waals surface area contributed by atoms with Gasteiger partial charge in [-0.1, -0.05) is 6.42 Å². The summed E-state index contributed by atoms with van der Waals surface area (Å²) in [7, 11) is -3.63. The zero-order valence-electron chi connectivity index (χ0n) is 20.2. The number of hydrogen-bond acceptors (Lipinski definition) is 7. The fourth-order valence-electron chi connectivity index (χ4n) is 5.44. The van der Waals surface area contributed by atoms with Crippen LogP contribution in [0.3, 0.4) is 0 Å². The molecule has 0 N–H and O–H groups in total. The Kier molecular flexibility index (Phi) is 5.65. The first-order valence-electron chi connectivity index (χ1n) is 12.4. The van der Waals surface area contributed by atoms with Gasteiger partial charge in [0.25, 0.3) is 0 Å². The summed E-state index contributed by atoms with van der Waals surface area (Å²) in [6.45, 7) is 8.13. The predicted octanol–water partition coefficient (Wildman–Crippen LogP) is 2.64. The molecule has 0 aliphatic carbocycles. The molecule has 3 aromatic rings. The molecule has 35 heavy (non-hydrogen) atoms. The van der Waals surface area contributed by atoms with Gasteiger partial charge in [-0.05, 0) is 51.4 Å². The SMILES string of the molecule is CC(C)n1ncnc1-c1cn2c(n1)-c1cc(S(=O)(=O)N3CCN4CCCCC4C3)ccc1OCC2. The van der Waals surface area contributed by atoms with Crippen molar-refractivity contribution in [3.8, 4) is 28.7 Å². The molecule has 0 amide bonds. The van der Waals surface area contributed by atoms with Crippen LogP contribution < -0.4 is 4.74 Å².